The van der Waals surface area contributed by atoms with Gasteiger partial charge < -0.3 is 4.42 Å². The smallest absolute Gasteiger partial charge is 0.322 e. The van der Waals surface area contributed by atoms with Crippen LogP contribution in [0.4, 0.5) is 11.7 Å². The van der Waals surface area contributed by atoms with Crippen molar-refractivity contribution in [3.05, 3.63) is 70.3 Å². The average molecular weight is 442 g/mol. The molecular weight excluding hydrogens is 424 g/mol. The number of carbonyl (C=O) groups is 1. The zero-order valence-corrected chi connectivity index (χ0v) is 17.4. The van der Waals surface area contributed by atoms with Gasteiger partial charge in [0.25, 0.3) is 11.6 Å². The van der Waals surface area contributed by atoms with Gasteiger partial charge in [-0.2, -0.15) is 0 Å². The molecule has 0 spiro atoms. The molecule has 0 radical (unpaired) electrons. The second kappa shape index (κ2) is 8.88. The van der Waals surface area contributed by atoms with E-state index in [0.29, 0.717) is 11.1 Å². The van der Waals surface area contributed by atoms with Crippen LogP contribution >= 0.6 is 0 Å². The van der Waals surface area contributed by atoms with Gasteiger partial charge in [-0.3, -0.25) is 20.2 Å². The summed E-state index contributed by atoms with van der Waals surface area (Å²) in [6.07, 6.45) is 2.68. The lowest BCUT2D eigenvalue weighted by atomic mass is 10.2. The van der Waals surface area contributed by atoms with E-state index in [1.54, 1.807) is 26.0 Å². The highest BCUT2D eigenvalue weighted by Gasteiger charge is 2.20. The molecule has 3 aromatic rings. The number of aromatic nitrogens is 2. The summed E-state index contributed by atoms with van der Waals surface area (Å²) in [5.41, 5.74) is 0.941. The predicted octanol–water partition coefficient (Wildman–Crippen LogP) is 3.48. The Bertz CT molecular complexity index is 1250. The van der Waals surface area contributed by atoms with Crippen LogP contribution in [-0.4, -0.2) is 34.7 Å². The molecule has 2 aromatic carbocycles. The van der Waals surface area contributed by atoms with E-state index in [1.807, 2.05) is 0 Å². The van der Waals surface area contributed by atoms with E-state index in [1.165, 1.54) is 48.6 Å². The van der Waals surface area contributed by atoms with Crippen molar-refractivity contribution in [2.24, 2.45) is 0 Å². The molecule has 0 aliphatic heterocycles. The third-order valence-electron chi connectivity index (χ3n) is 4.22. The molecule has 0 aliphatic rings. The minimum Gasteiger partial charge on any atom is -0.403 e. The van der Waals surface area contributed by atoms with E-state index in [2.05, 4.69) is 15.5 Å². The summed E-state index contributed by atoms with van der Waals surface area (Å²) in [4.78, 5) is 22.3. The van der Waals surface area contributed by atoms with Crippen LogP contribution in [-0.2, 0) is 14.6 Å². The molecule has 160 valence electrons. The van der Waals surface area contributed by atoms with Crippen molar-refractivity contribution < 1.29 is 22.6 Å². The maximum atomic E-state index is 12.3. The van der Waals surface area contributed by atoms with Gasteiger partial charge in [-0.25, -0.2) is 8.42 Å². The third-order valence-corrected chi connectivity index (χ3v) is 6.37. The molecule has 0 saturated carbocycles. The first-order valence-corrected chi connectivity index (χ1v) is 10.6. The van der Waals surface area contributed by atoms with E-state index in [0.717, 1.165) is 0 Å². The SMILES string of the molecule is CC(C)S(=O)(=O)c1cccc(-c2nnc(NC(=O)C=Cc3ccc([N+](=O)[O-])cc3)o2)c1. The van der Waals surface area contributed by atoms with Crippen LogP contribution in [0.3, 0.4) is 0 Å². The first-order chi connectivity index (χ1) is 14.7. The summed E-state index contributed by atoms with van der Waals surface area (Å²) < 4.78 is 30.1. The van der Waals surface area contributed by atoms with Crippen LogP contribution in [0.25, 0.3) is 17.5 Å². The number of rotatable bonds is 7. The Morgan fingerprint density at radius 2 is 1.87 bits per heavy atom. The van der Waals surface area contributed by atoms with Gasteiger partial charge in [0.15, 0.2) is 9.84 Å². The molecule has 3 rings (SSSR count). The van der Waals surface area contributed by atoms with Crippen LogP contribution in [0.15, 0.2) is 63.9 Å². The number of nitro groups is 1. The average Bonchev–Trinajstić information content (AvgIpc) is 3.21. The van der Waals surface area contributed by atoms with E-state index >= 15 is 0 Å². The number of amides is 1. The number of nitrogens with one attached hydrogen (secondary N) is 1. The van der Waals surface area contributed by atoms with Crippen molar-refractivity contribution in [1.82, 2.24) is 10.2 Å². The Balaban J connectivity index is 1.70. The number of nitro benzene ring substituents is 1. The number of hydrogen-bond donors (Lipinski definition) is 1. The maximum absolute atomic E-state index is 12.3. The molecule has 0 unspecified atom stereocenters. The minimum atomic E-state index is -3.47. The van der Waals surface area contributed by atoms with Gasteiger partial charge in [-0.1, -0.05) is 11.2 Å². The van der Waals surface area contributed by atoms with Crippen LogP contribution < -0.4 is 5.32 Å². The standard InChI is InChI=1S/C20H18N4O6S/c1-13(2)31(28,29)17-5-3-4-15(12-17)19-22-23-20(30-19)21-18(25)11-8-14-6-9-16(10-7-14)24(26)27/h3-13H,1-2H3,(H,21,23,25). The van der Waals surface area contributed by atoms with Crippen molar-refractivity contribution in [3.63, 3.8) is 0 Å². The molecule has 1 N–H and O–H groups in total. The summed E-state index contributed by atoms with van der Waals surface area (Å²) in [7, 11) is -3.47. The van der Waals surface area contributed by atoms with E-state index in [9.17, 15) is 23.3 Å². The molecule has 0 bridgehead atoms. The highest BCUT2D eigenvalue weighted by molar-refractivity contribution is 7.92. The fraction of sp³-hybridized carbons (Fsp3) is 0.150. The van der Waals surface area contributed by atoms with Crippen molar-refractivity contribution in [3.8, 4) is 11.5 Å². The van der Waals surface area contributed by atoms with Gasteiger partial charge in [0.05, 0.1) is 15.1 Å². The molecule has 31 heavy (non-hydrogen) atoms. The van der Waals surface area contributed by atoms with Crippen molar-refractivity contribution in [2.75, 3.05) is 5.32 Å². The molecule has 10 nitrogen and oxygen atoms in total. The van der Waals surface area contributed by atoms with E-state index in [-0.39, 0.29) is 22.5 Å². The second-order valence-corrected chi connectivity index (χ2v) is 9.21. The lowest BCUT2D eigenvalue weighted by molar-refractivity contribution is -0.384. The molecule has 11 heteroatoms. The summed E-state index contributed by atoms with van der Waals surface area (Å²) in [5, 5.41) is 20.1. The summed E-state index contributed by atoms with van der Waals surface area (Å²) in [5.74, 6) is -0.500. The monoisotopic (exact) mass is 442 g/mol. The van der Waals surface area contributed by atoms with Crippen molar-refractivity contribution in [1.29, 1.82) is 0 Å². The molecule has 0 saturated heterocycles. The zero-order chi connectivity index (χ0) is 22.6. The number of nitrogens with zero attached hydrogens (tertiary/aromatic N) is 3. The fourth-order valence-electron chi connectivity index (χ4n) is 2.49. The largest absolute Gasteiger partial charge is 0.403 e. The van der Waals surface area contributed by atoms with Gasteiger partial charge in [-0.05, 0) is 55.8 Å². The van der Waals surface area contributed by atoms with Crippen molar-refractivity contribution >= 4 is 33.5 Å². The maximum Gasteiger partial charge on any atom is 0.322 e. The highest BCUT2D eigenvalue weighted by Crippen LogP contribution is 2.24. The zero-order valence-electron chi connectivity index (χ0n) is 16.6. The lowest BCUT2D eigenvalue weighted by Crippen LogP contribution is -2.13. The van der Waals surface area contributed by atoms with Gasteiger partial charge >= 0.3 is 6.01 Å². The number of non-ortho nitro benzene ring substituents is 1. The summed E-state index contributed by atoms with van der Waals surface area (Å²) >= 11 is 0. The van der Waals surface area contributed by atoms with E-state index in [4.69, 9.17) is 4.42 Å². The number of anilines is 1. The minimum absolute atomic E-state index is 0.0507. The lowest BCUT2D eigenvalue weighted by Gasteiger charge is -2.08. The predicted molar refractivity (Wildman–Crippen MR) is 113 cm³/mol. The van der Waals surface area contributed by atoms with Gasteiger partial charge in [0, 0.05) is 23.8 Å². The van der Waals surface area contributed by atoms with Crippen LogP contribution in [0.5, 0.6) is 0 Å². The number of hydrogen-bond acceptors (Lipinski definition) is 8. The van der Waals surface area contributed by atoms with Crippen LogP contribution in [0.2, 0.25) is 0 Å². The molecular formula is C20H18N4O6S. The molecule has 0 aliphatic carbocycles. The Hall–Kier alpha value is -3.86. The Morgan fingerprint density at radius 1 is 1.16 bits per heavy atom. The van der Waals surface area contributed by atoms with Crippen LogP contribution in [0.1, 0.15) is 19.4 Å². The van der Waals surface area contributed by atoms with Gasteiger partial charge in [-0.15, -0.1) is 5.10 Å². The van der Waals surface area contributed by atoms with Gasteiger partial charge in [0.1, 0.15) is 0 Å². The number of sulfone groups is 1. The Morgan fingerprint density at radius 3 is 2.52 bits per heavy atom. The highest BCUT2D eigenvalue weighted by atomic mass is 32.2. The molecule has 1 heterocycles. The molecule has 1 amide bonds. The van der Waals surface area contributed by atoms with Crippen molar-refractivity contribution in [2.45, 2.75) is 24.0 Å². The third kappa shape index (κ3) is 5.20. The molecule has 1 aromatic heterocycles. The fourth-order valence-corrected chi connectivity index (χ4v) is 3.60. The molecule has 0 atom stereocenters. The first-order valence-electron chi connectivity index (χ1n) is 9.08. The summed E-state index contributed by atoms with van der Waals surface area (Å²) in [6, 6.07) is 11.6. The first kappa shape index (κ1) is 21.8. The van der Waals surface area contributed by atoms with Gasteiger partial charge in [0.2, 0.25) is 5.89 Å². The van der Waals surface area contributed by atoms with Crippen LogP contribution in [0, 0.1) is 10.1 Å². The van der Waals surface area contributed by atoms with E-state index < -0.39 is 25.9 Å². The topological polar surface area (TPSA) is 145 Å². The Labute approximate surface area is 177 Å². The quantitative estimate of drug-likeness (QED) is 0.332. The summed E-state index contributed by atoms with van der Waals surface area (Å²) in [6.45, 7) is 3.18. The number of carbonyl (C=O) groups excluding carboxylic acids is 1. The molecule has 0 fully saturated rings. The second-order valence-electron chi connectivity index (χ2n) is 6.71. The number of benzene rings is 2. The Kier molecular flexibility index (Phi) is 6.25. The normalized spacial score (nSPS) is 11.7.